The van der Waals surface area contributed by atoms with Gasteiger partial charge in [-0.2, -0.15) is 5.10 Å². The number of aromatic nitrogens is 2. The highest BCUT2D eigenvalue weighted by molar-refractivity contribution is 5.78. The second-order valence-corrected chi connectivity index (χ2v) is 7.99. The smallest absolute Gasteiger partial charge is 0.303 e. The van der Waals surface area contributed by atoms with Gasteiger partial charge in [-0.05, 0) is 12.1 Å². The van der Waals surface area contributed by atoms with Crippen LogP contribution in [0.15, 0.2) is 34.2 Å². The summed E-state index contributed by atoms with van der Waals surface area (Å²) in [7, 11) is 0. The van der Waals surface area contributed by atoms with Gasteiger partial charge < -0.3 is 23.7 Å². The first-order valence-electron chi connectivity index (χ1n) is 11.5. The number of ether oxygens (including phenoxy) is 5. The first kappa shape index (κ1) is 30.4. The van der Waals surface area contributed by atoms with Crippen LogP contribution in [0.4, 0.5) is 5.95 Å². The van der Waals surface area contributed by atoms with Crippen molar-refractivity contribution in [1.82, 2.24) is 9.97 Å². The number of carbonyl (C=O) groups is 5. The number of esters is 5. The number of hydrogen-bond acceptors (Lipinski definition) is 14. The van der Waals surface area contributed by atoms with E-state index in [0.717, 1.165) is 40.8 Å². The molecule has 4 unspecified atom stereocenters. The third-order valence-electron chi connectivity index (χ3n) is 4.69. The summed E-state index contributed by atoms with van der Waals surface area (Å²) in [6.07, 6.45) is -5.28. The molecular weight excluding hydrogens is 520 g/mol. The Hall–Kier alpha value is -4.82. The molecule has 0 amide bonds. The summed E-state index contributed by atoms with van der Waals surface area (Å²) in [4.78, 5) is 78.0. The molecule has 39 heavy (non-hydrogen) atoms. The van der Waals surface area contributed by atoms with Gasteiger partial charge in [-0.3, -0.25) is 33.8 Å². The summed E-state index contributed by atoms with van der Waals surface area (Å²) in [5.74, 6) is -4.25. The molecule has 2 rings (SSSR count). The van der Waals surface area contributed by atoms with Crippen LogP contribution in [0.25, 0.3) is 10.9 Å². The molecule has 4 atom stereocenters. The largest absolute Gasteiger partial charge is 0.462 e. The third kappa shape index (κ3) is 9.87. The SMILES string of the molecule is CC(=O)OCC(OC(C)=O)C(OC(C)=O)C(OC(C)=O)C(/C=N/Nc1nc2ccccc2c(=O)[nH]1)OC(C)=O. The highest BCUT2D eigenvalue weighted by Crippen LogP contribution is 2.20. The van der Waals surface area contributed by atoms with Gasteiger partial charge in [-0.25, -0.2) is 10.4 Å². The molecule has 0 aliphatic heterocycles. The minimum atomic E-state index is -1.63. The Kier molecular flexibility index (Phi) is 11.1. The van der Waals surface area contributed by atoms with Crippen LogP contribution in [-0.4, -0.2) is 77.1 Å². The summed E-state index contributed by atoms with van der Waals surface area (Å²) in [5, 5.41) is 4.26. The van der Waals surface area contributed by atoms with Crippen LogP contribution in [0, 0.1) is 0 Å². The first-order valence-corrected chi connectivity index (χ1v) is 11.5. The Morgan fingerprint density at radius 3 is 2.05 bits per heavy atom. The van der Waals surface area contributed by atoms with E-state index >= 15 is 0 Å². The van der Waals surface area contributed by atoms with E-state index in [4.69, 9.17) is 23.7 Å². The summed E-state index contributed by atoms with van der Waals surface area (Å²) in [6, 6.07) is 6.55. The summed E-state index contributed by atoms with van der Waals surface area (Å²) in [6.45, 7) is 4.69. The predicted octanol–water partition coefficient (Wildman–Crippen LogP) is 0.611. The van der Waals surface area contributed by atoms with E-state index in [2.05, 4.69) is 20.5 Å². The summed E-state index contributed by atoms with van der Waals surface area (Å²) >= 11 is 0. The highest BCUT2D eigenvalue weighted by Gasteiger charge is 2.43. The van der Waals surface area contributed by atoms with Gasteiger partial charge in [0.05, 0.1) is 17.1 Å². The second-order valence-electron chi connectivity index (χ2n) is 7.99. The van der Waals surface area contributed by atoms with Crippen molar-refractivity contribution in [3.8, 4) is 0 Å². The predicted molar refractivity (Wildman–Crippen MR) is 133 cm³/mol. The van der Waals surface area contributed by atoms with Gasteiger partial charge in [-0.1, -0.05) is 12.1 Å². The Morgan fingerprint density at radius 1 is 0.872 bits per heavy atom. The summed E-state index contributed by atoms with van der Waals surface area (Å²) < 4.78 is 25.9. The van der Waals surface area contributed by atoms with Crippen molar-refractivity contribution in [2.24, 2.45) is 5.10 Å². The number of H-pyrrole nitrogens is 1. The fourth-order valence-corrected chi connectivity index (χ4v) is 3.35. The van der Waals surface area contributed by atoms with Gasteiger partial charge in [0.25, 0.3) is 5.56 Å². The fraction of sp³-hybridized carbons (Fsp3) is 0.417. The molecule has 0 spiro atoms. The van der Waals surface area contributed by atoms with Gasteiger partial charge in [0, 0.05) is 34.6 Å². The number of hydrazone groups is 1. The highest BCUT2D eigenvalue weighted by atomic mass is 16.6. The number of rotatable bonds is 12. The van der Waals surface area contributed by atoms with Crippen molar-refractivity contribution < 1.29 is 47.7 Å². The normalized spacial score (nSPS) is 14.0. The van der Waals surface area contributed by atoms with Crippen LogP contribution in [-0.2, 0) is 47.7 Å². The Bertz CT molecular complexity index is 1310. The maximum Gasteiger partial charge on any atom is 0.303 e. The average Bonchev–Trinajstić information content (AvgIpc) is 2.82. The summed E-state index contributed by atoms with van der Waals surface area (Å²) in [5.41, 5.74) is 2.41. The number of anilines is 1. The van der Waals surface area contributed by atoms with Gasteiger partial charge >= 0.3 is 29.8 Å². The van der Waals surface area contributed by atoms with Crippen molar-refractivity contribution in [2.75, 3.05) is 12.0 Å². The maximum atomic E-state index is 12.3. The molecule has 15 heteroatoms. The van der Waals surface area contributed by atoms with Gasteiger partial charge in [0.1, 0.15) is 6.61 Å². The standard InChI is InChI=1S/C24H28N4O11/c1-12(29)35-11-20(37-14(3)31)22(39-16(5)33)21(38-15(4)32)19(36-13(2)30)10-25-28-24-26-18-9-7-6-8-17(18)23(34)27-24/h6-10,19-22H,11H2,1-5H3,(H2,26,27,28,34)/b25-10+. The molecule has 1 heterocycles. The van der Waals surface area contributed by atoms with Crippen molar-refractivity contribution in [3.63, 3.8) is 0 Å². The number of para-hydroxylation sites is 1. The molecule has 210 valence electrons. The van der Waals surface area contributed by atoms with Crippen molar-refractivity contribution in [2.45, 2.75) is 59.0 Å². The average molecular weight is 549 g/mol. The van der Waals surface area contributed by atoms with E-state index in [0.29, 0.717) is 10.9 Å². The zero-order valence-electron chi connectivity index (χ0n) is 21.8. The van der Waals surface area contributed by atoms with E-state index < -0.39 is 66.4 Å². The molecule has 1 aromatic heterocycles. The number of fused-ring (bicyclic) bond motifs is 1. The number of aromatic amines is 1. The third-order valence-corrected chi connectivity index (χ3v) is 4.69. The zero-order valence-corrected chi connectivity index (χ0v) is 21.8. The molecular formula is C24H28N4O11. The number of nitrogens with zero attached hydrogens (tertiary/aromatic N) is 2. The second kappa shape index (κ2) is 14.2. The van der Waals surface area contributed by atoms with Gasteiger partial charge in [0.15, 0.2) is 24.4 Å². The van der Waals surface area contributed by atoms with E-state index in [1.807, 2.05) is 0 Å². The minimum Gasteiger partial charge on any atom is -0.462 e. The van der Waals surface area contributed by atoms with Gasteiger partial charge in [0.2, 0.25) is 5.95 Å². The molecule has 0 fully saturated rings. The first-order chi connectivity index (χ1) is 18.4. The lowest BCUT2D eigenvalue weighted by atomic mass is 10.0. The van der Waals surface area contributed by atoms with Crippen molar-refractivity contribution in [1.29, 1.82) is 0 Å². The molecule has 2 aromatic rings. The van der Waals surface area contributed by atoms with E-state index in [1.165, 1.54) is 0 Å². The van der Waals surface area contributed by atoms with Gasteiger partial charge in [-0.15, -0.1) is 0 Å². The number of nitrogens with one attached hydrogen (secondary N) is 2. The van der Waals surface area contributed by atoms with Crippen LogP contribution in [0.3, 0.4) is 0 Å². The van der Waals surface area contributed by atoms with E-state index in [-0.39, 0.29) is 5.95 Å². The number of hydrogen-bond donors (Lipinski definition) is 2. The molecule has 0 saturated heterocycles. The Morgan fingerprint density at radius 2 is 1.46 bits per heavy atom. The lowest BCUT2D eigenvalue weighted by molar-refractivity contribution is -0.197. The monoisotopic (exact) mass is 548 g/mol. The lowest BCUT2D eigenvalue weighted by Crippen LogP contribution is -2.53. The van der Waals surface area contributed by atoms with Crippen molar-refractivity contribution in [3.05, 3.63) is 34.6 Å². The van der Waals surface area contributed by atoms with E-state index in [1.54, 1.807) is 24.3 Å². The maximum absolute atomic E-state index is 12.3. The topological polar surface area (TPSA) is 202 Å². The van der Waals surface area contributed by atoms with E-state index in [9.17, 15) is 28.8 Å². The molecule has 1 aromatic carbocycles. The van der Waals surface area contributed by atoms with Crippen LogP contribution < -0.4 is 11.0 Å². The molecule has 0 bridgehead atoms. The molecule has 0 saturated carbocycles. The molecule has 2 N–H and O–H groups in total. The van der Waals surface area contributed by atoms with Crippen LogP contribution >= 0.6 is 0 Å². The molecule has 0 aliphatic rings. The van der Waals surface area contributed by atoms with Crippen LogP contribution in [0.1, 0.15) is 34.6 Å². The quantitative estimate of drug-likeness (QED) is 0.162. The number of carbonyl (C=O) groups excluding carboxylic acids is 5. The number of benzene rings is 1. The lowest BCUT2D eigenvalue weighted by Gasteiger charge is -2.34. The minimum absolute atomic E-state index is 0.0651. The molecule has 0 aliphatic carbocycles. The zero-order chi connectivity index (χ0) is 29.1. The molecule has 15 nitrogen and oxygen atoms in total. The Balaban J connectivity index is 2.48. The van der Waals surface area contributed by atoms with Crippen LogP contribution in [0.5, 0.6) is 0 Å². The van der Waals surface area contributed by atoms with Crippen LogP contribution in [0.2, 0.25) is 0 Å². The van der Waals surface area contributed by atoms with Crippen molar-refractivity contribution >= 4 is 52.9 Å². The fourth-order valence-electron chi connectivity index (χ4n) is 3.35. The molecule has 0 radical (unpaired) electrons. The Labute approximate surface area is 221 Å².